The van der Waals surface area contributed by atoms with Crippen molar-refractivity contribution in [3.63, 3.8) is 0 Å². The Bertz CT molecular complexity index is 301. The molecule has 0 saturated carbocycles. The summed E-state index contributed by atoms with van der Waals surface area (Å²) in [6.45, 7) is 9.09. The maximum atomic E-state index is 5.50. The minimum Gasteiger partial charge on any atom is -0.329 e. The highest BCUT2D eigenvalue weighted by Crippen LogP contribution is 2.25. The molecule has 4 heteroatoms. The molecule has 0 aliphatic rings. The average molecular weight is 227 g/mol. The lowest BCUT2D eigenvalue weighted by atomic mass is 9.98. The third-order valence-corrected chi connectivity index (χ3v) is 3.45. The van der Waals surface area contributed by atoms with Gasteiger partial charge in [-0.1, -0.05) is 20.8 Å². The SMILES string of the molecule is CN(CCN)Cc1csc(C(C)(C)C)n1. The summed E-state index contributed by atoms with van der Waals surface area (Å²) in [5.41, 5.74) is 6.81. The van der Waals surface area contributed by atoms with Crippen LogP contribution < -0.4 is 5.73 Å². The van der Waals surface area contributed by atoms with Crippen LogP contribution in [-0.2, 0) is 12.0 Å². The molecule has 1 aromatic heterocycles. The van der Waals surface area contributed by atoms with Crippen molar-refractivity contribution in [3.8, 4) is 0 Å². The molecule has 0 aliphatic carbocycles. The van der Waals surface area contributed by atoms with Crippen molar-refractivity contribution in [2.75, 3.05) is 20.1 Å². The first kappa shape index (κ1) is 12.6. The quantitative estimate of drug-likeness (QED) is 0.853. The van der Waals surface area contributed by atoms with Gasteiger partial charge in [0.1, 0.15) is 0 Å². The minimum absolute atomic E-state index is 0.162. The van der Waals surface area contributed by atoms with E-state index in [-0.39, 0.29) is 5.41 Å². The van der Waals surface area contributed by atoms with Gasteiger partial charge in [0, 0.05) is 30.4 Å². The molecule has 86 valence electrons. The summed E-state index contributed by atoms with van der Waals surface area (Å²) in [7, 11) is 2.07. The van der Waals surface area contributed by atoms with Gasteiger partial charge in [-0.15, -0.1) is 11.3 Å². The van der Waals surface area contributed by atoms with Crippen molar-refractivity contribution in [3.05, 3.63) is 16.1 Å². The lowest BCUT2D eigenvalue weighted by molar-refractivity contribution is 0.332. The van der Waals surface area contributed by atoms with Gasteiger partial charge in [-0.2, -0.15) is 0 Å². The molecule has 0 aromatic carbocycles. The first-order chi connectivity index (χ1) is 6.93. The van der Waals surface area contributed by atoms with Crippen LogP contribution in [0, 0.1) is 0 Å². The highest BCUT2D eigenvalue weighted by atomic mass is 32.1. The van der Waals surface area contributed by atoms with Crippen molar-refractivity contribution in [1.82, 2.24) is 9.88 Å². The van der Waals surface area contributed by atoms with Crippen molar-refractivity contribution in [1.29, 1.82) is 0 Å². The van der Waals surface area contributed by atoms with E-state index in [1.807, 2.05) is 0 Å². The number of likely N-dealkylation sites (N-methyl/N-ethyl adjacent to an activating group) is 1. The number of hydrogen-bond acceptors (Lipinski definition) is 4. The maximum absolute atomic E-state index is 5.50. The molecule has 0 radical (unpaired) electrons. The Hall–Kier alpha value is -0.450. The molecule has 15 heavy (non-hydrogen) atoms. The molecule has 0 spiro atoms. The van der Waals surface area contributed by atoms with Crippen LogP contribution >= 0.6 is 11.3 Å². The van der Waals surface area contributed by atoms with E-state index < -0.39 is 0 Å². The summed E-state index contributed by atoms with van der Waals surface area (Å²) in [6, 6.07) is 0. The first-order valence-corrected chi connectivity index (χ1v) is 6.15. The van der Waals surface area contributed by atoms with Gasteiger partial charge in [0.15, 0.2) is 0 Å². The summed E-state index contributed by atoms with van der Waals surface area (Å²) in [5.74, 6) is 0. The van der Waals surface area contributed by atoms with Gasteiger partial charge in [0.2, 0.25) is 0 Å². The van der Waals surface area contributed by atoms with Gasteiger partial charge in [-0.25, -0.2) is 4.98 Å². The van der Waals surface area contributed by atoms with Gasteiger partial charge in [-0.05, 0) is 7.05 Å². The van der Waals surface area contributed by atoms with Crippen LogP contribution in [0.2, 0.25) is 0 Å². The number of thiazole rings is 1. The monoisotopic (exact) mass is 227 g/mol. The normalized spacial score (nSPS) is 12.4. The van der Waals surface area contributed by atoms with Crippen molar-refractivity contribution < 1.29 is 0 Å². The van der Waals surface area contributed by atoms with Gasteiger partial charge in [0.25, 0.3) is 0 Å². The van der Waals surface area contributed by atoms with Gasteiger partial charge < -0.3 is 5.73 Å². The Morgan fingerprint density at radius 1 is 1.47 bits per heavy atom. The summed E-state index contributed by atoms with van der Waals surface area (Å²) >= 11 is 1.75. The Balaban J connectivity index is 2.61. The van der Waals surface area contributed by atoms with E-state index >= 15 is 0 Å². The van der Waals surface area contributed by atoms with Gasteiger partial charge in [-0.3, -0.25) is 4.90 Å². The van der Waals surface area contributed by atoms with E-state index in [9.17, 15) is 0 Å². The molecule has 2 N–H and O–H groups in total. The Labute approximate surface area is 96.3 Å². The minimum atomic E-state index is 0.162. The fourth-order valence-electron chi connectivity index (χ4n) is 1.30. The Kier molecular flexibility index (Phi) is 4.25. The lowest BCUT2D eigenvalue weighted by Crippen LogP contribution is -2.25. The molecule has 0 unspecified atom stereocenters. The molecular formula is C11H21N3S. The van der Waals surface area contributed by atoms with Crippen LogP contribution in [0.4, 0.5) is 0 Å². The number of aromatic nitrogens is 1. The van der Waals surface area contributed by atoms with E-state index in [1.54, 1.807) is 11.3 Å². The first-order valence-electron chi connectivity index (χ1n) is 5.27. The zero-order chi connectivity index (χ0) is 11.5. The molecular weight excluding hydrogens is 206 g/mol. The fraction of sp³-hybridized carbons (Fsp3) is 0.727. The number of nitrogens with zero attached hydrogens (tertiary/aromatic N) is 2. The summed E-state index contributed by atoms with van der Waals surface area (Å²) in [4.78, 5) is 6.84. The Morgan fingerprint density at radius 3 is 2.60 bits per heavy atom. The van der Waals surface area contributed by atoms with E-state index in [0.29, 0.717) is 6.54 Å². The van der Waals surface area contributed by atoms with E-state index in [4.69, 9.17) is 5.73 Å². The standard InChI is InChI=1S/C11H21N3S/c1-11(2,3)10-13-9(8-15-10)7-14(4)6-5-12/h8H,5-7,12H2,1-4H3. The van der Waals surface area contributed by atoms with Crippen LogP contribution in [0.25, 0.3) is 0 Å². The van der Waals surface area contributed by atoms with Gasteiger partial charge >= 0.3 is 0 Å². The second-order valence-corrected chi connectivity index (χ2v) is 5.78. The molecule has 0 saturated heterocycles. The highest BCUT2D eigenvalue weighted by molar-refractivity contribution is 7.09. The third-order valence-electron chi connectivity index (χ3n) is 2.14. The summed E-state index contributed by atoms with van der Waals surface area (Å²) in [6.07, 6.45) is 0. The molecule has 3 nitrogen and oxygen atoms in total. The van der Waals surface area contributed by atoms with Crippen molar-refractivity contribution in [2.24, 2.45) is 5.73 Å². The smallest absolute Gasteiger partial charge is 0.0982 e. The largest absolute Gasteiger partial charge is 0.329 e. The van der Waals surface area contributed by atoms with E-state index in [0.717, 1.165) is 18.8 Å². The molecule has 1 heterocycles. The molecule has 1 rings (SSSR count). The van der Waals surface area contributed by atoms with Crippen molar-refractivity contribution in [2.45, 2.75) is 32.7 Å². The zero-order valence-electron chi connectivity index (χ0n) is 10.1. The van der Waals surface area contributed by atoms with Crippen LogP contribution in [0.5, 0.6) is 0 Å². The molecule has 0 fully saturated rings. The average Bonchev–Trinajstić information content (AvgIpc) is 2.52. The number of rotatable bonds is 4. The number of nitrogens with two attached hydrogens (primary N) is 1. The molecule has 1 aromatic rings. The molecule has 0 amide bonds. The predicted molar refractivity (Wildman–Crippen MR) is 66.2 cm³/mol. The zero-order valence-corrected chi connectivity index (χ0v) is 10.9. The van der Waals surface area contributed by atoms with Crippen LogP contribution in [0.1, 0.15) is 31.5 Å². The van der Waals surface area contributed by atoms with E-state index in [1.165, 1.54) is 5.01 Å². The van der Waals surface area contributed by atoms with E-state index in [2.05, 4.69) is 43.1 Å². The summed E-state index contributed by atoms with van der Waals surface area (Å²) in [5, 5.41) is 3.35. The van der Waals surface area contributed by atoms with Crippen molar-refractivity contribution >= 4 is 11.3 Å². The Morgan fingerprint density at radius 2 is 2.13 bits per heavy atom. The number of hydrogen-bond donors (Lipinski definition) is 1. The fourth-order valence-corrected chi connectivity index (χ4v) is 2.20. The topological polar surface area (TPSA) is 42.1 Å². The van der Waals surface area contributed by atoms with Crippen LogP contribution in [0.3, 0.4) is 0 Å². The van der Waals surface area contributed by atoms with Crippen LogP contribution in [0.15, 0.2) is 5.38 Å². The maximum Gasteiger partial charge on any atom is 0.0982 e. The lowest BCUT2D eigenvalue weighted by Gasteiger charge is -2.15. The van der Waals surface area contributed by atoms with Crippen LogP contribution in [-0.4, -0.2) is 30.0 Å². The van der Waals surface area contributed by atoms with Gasteiger partial charge in [0.05, 0.1) is 10.7 Å². The second kappa shape index (κ2) is 5.05. The third kappa shape index (κ3) is 3.89. The molecule has 0 atom stereocenters. The molecule has 0 aliphatic heterocycles. The second-order valence-electron chi connectivity index (χ2n) is 4.92. The molecule has 0 bridgehead atoms. The highest BCUT2D eigenvalue weighted by Gasteiger charge is 2.18. The summed E-state index contributed by atoms with van der Waals surface area (Å²) < 4.78 is 0. The predicted octanol–water partition coefficient (Wildman–Crippen LogP) is 1.83.